The lowest BCUT2D eigenvalue weighted by Gasteiger charge is -2.40. The first-order valence-corrected chi connectivity index (χ1v) is 25.0. The van der Waals surface area contributed by atoms with Crippen LogP contribution in [-0.2, 0) is 49.6 Å². The van der Waals surface area contributed by atoms with Gasteiger partial charge in [-0.2, -0.15) is 0 Å². The zero-order valence-electron chi connectivity index (χ0n) is 41.3. The molecule has 26 nitrogen and oxygen atoms in total. The lowest BCUT2D eigenvalue weighted by Crippen LogP contribution is -2.63. The van der Waals surface area contributed by atoms with Crippen LogP contribution in [0.5, 0.6) is 0 Å². The van der Waals surface area contributed by atoms with Gasteiger partial charge in [-0.15, -0.1) is 0 Å². The molecule has 0 bridgehead atoms. The van der Waals surface area contributed by atoms with Crippen molar-refractivity contribution in [3.63, 3.8) is 0 Å². The van der Waals surface area contributed by atoms with E-state index >= 15 is 0 Å². The molecule has 1 aromatic carbocycles. The Labute approximate surface area is 423 Å². The lowest BCUT2D eigenvalue weighted by atomic mass is 9.88. The number of carbonyl (C=O) groups excluding carboxylic acids is 8. The summed E-state index contributed by atoms with van der Waals surface area (Å²) in [5.74, 6) is -6.46. The number of carboxylic acids is 1. The number of amides is 8. The third-order valence-electron chi connectivity index (χ3n) is 13.7. The van der Waals surface area contributed by atoms with Crippen LogP contribution in [0.15, 0.2) is 40.3 Å². The van der Waals surface area contributed by atoms with Gasteiger partial charge in [0, 0.05) is 45.7 Å². The minimum Gasteiger partial charge on any atom is -0.480 e. The number of aliphatic imine (C=N–C) groups is 2. The van der Waals surface area contributed by atoms with E-state index in [0.717, 1.165) is 0 Å². The molecular formula is C47H73N15O11. The van der Waals surface area contributed by atoms with Crippen molar-refractivity contribution in [2.45, 2.75) is 132 Å². The number of nitrogens with one attached hydrogen (secondary N) is 4. The van der Waals surface area contributed by atoms with Crippen molar-refractivity contribution in [3.8, 4) is 0 Å². The van der Waals surface area contributed by atoms with Crippen LogP contribution in [0.1, 0.15) is 89.0 Å². The Morgan fingerprint density at radius 1 is 0.712 bits per heavy atom. The van der Waals surface area contributed by atoms with Crippen molar-refractivity contribution in [2.24, 2.45) is 38.7 Å². The summed E-state index contributed by atoms with van der Waals surface area (Å²) in [6, 6.07) is 1.94. The van der Waals surface area contributed by atoms with Gasteiger partial charge in [0.25, 0.3) is 0 Å². The van der Waals surface area contributed by atoms with Gasteiger partial charge < -0.3 is 79.7 Å². The molecule has 8 amide bonds. The Morgan fingerprint density at radius 2 is 1.34 bits per heavy atom. The summed E-state index contributed by atoms with van der Waals surface area (Å²) in [5.41, 5.74) is 26.9. The highest BCUT2D eigenvalue weighted by Crippen LogP contribution is 2.38. The summed E-state index contributed by atoms with van der Waals surface area (Å²) < 4.78 is 0. The Bertz CT molecular complexity index is 2210. The highest BCUT2D eigenvalue weighted by atomic mass is 16.4. The number of rotatable bonds is 24. The summed E-state index contributed by atoms with van der Waals surface area (Å²) in [5, 5.41) is 30.6. The Balaban J connectivity index is 1.20. The van der Waals surface area contributed by atoms with Gasteiger partial charge in [0.05, 0.1) is 25.7 Å². The zero-order valence-corrected chi connectivity index (χ0v) is 41.3. The summed E-state index contributed by atoms with van der Waals surface area (Å²) >= 11 is 0. The first-order valence-electron chi connectivity index (χ1n) is 25.0. The summed E-state index contributed by atoms with van der Waals surface area (Å²) in [7, 11) is 0. The van der Waals surface area contributed by atoms with Crippen molar-refractivity contribution in [1.29, 1.82) is 0 Å². The van der Waals surface area contributed by atoms with Crippen molar-refractivity contribution in [1.82, 2.24) is 40.9 Å². The maximum atomic E-state index is 14.4. The summed E-state index contributed by atoms with van der Waals surface area (Å²) in [6.45, 7) is -0.604. The average Bonchev–Trinajstić information content (AvgIpc) is 4.14. The fourth-order valence-electron chi connectivity index (χ4n) is 10.1. The minimum absolute atomic E-state index is 0.0240. The molecule has 0 aromatic heterocycles. The molecule has 4 aliphatic heterocycles. The zero-order chi connectivity index (χ0) is 53.2. The average molecular weight is 1020 g/mol. The molecule has 16 N–H and O–H groups in total. The Hall–Kier alpha value is -7.09. The predicted molar refractivity (Wildman–Crippen MR) is 265 cm³/mol. The van der Waals surface area contributed by atoms with Gasteiger partial charge >= 0.3 is 5.97 Å². The normalized spacial score (nSPS) is 21.3. The highest BCUT2D eigenvalue weighted by Gasteiger charge is 2.53. The Kier molecular flexibility index (Phi) is 21.1. The van der Waals surface area contributed by atoms with Gasteiger partial charge in [0.1, 0.15) is 35.7 Å². The van der Waals surface area contributed by atoms with E-state index in [-0.39, 0.29) is 76.1 Å². The second kappa shape index (κ2) is 27.1. The SMILES string of the molecule is NC(N)=NCCCC(NC(=O)CN1CCCCC2(CCCN2C(=O)[C@H](CO)NC(=O)[C@H](Cc2ccccc2)NC(=O)CNC(=O)[C@@H]2CCCN2C(=O)[C@@H]2CCCN2C(=O)[C@@H](N)CCCN=C(N)N)C1=O)C(=O)O. The van der Waals surface area contributed by atoms with Crippen LogP contribution >= 0.6 is 0 Å². The third kappa shape index (κ3) is 15.5. The van der Waals surface area contributed by atoms with Crippen molar-refractivity contribution >= 4 is 65.1 Å². The smallest absolute Gasteiger partial charge is 0.326 e. The molecule has 0 saturated carbocycles. The van der Waals surface area contributed by atoms with Crippen LogP contribution in [-0.4, -0.2) is 196 Å². The van der Waals surface area contributed by atoms with Gasteiger partial charge in [0.2, 0.25) is 47.3 Å². The number of guanidine groups is 2. The minimum atomic E-state index is -1.55. The number of nitrogens with two attached hydrogens (primary N) is 5. The highest BCUT2D eigenvalue weighted by molar-refractivity contribution is 5.99. The fourth-order valence-corrected chi connectivity index (χ4v) is 10.1. The van der Waals surface area contributed by atoms with Gasteiger partial charge in [-0.25, -0.2) is 4.79 Å². The van der Waals surface area contributed by atoms with Crippen LogP contribution in [0.4, 0.5) is 0 Å². The summed E-state index contributed by atoms with van der Waals surface area (Å²) in [6.07, 6.45) is 4.66. The van der Waals surface area contributed by atoms with E-state index in [9.17, 15) is 53.4 Å². The van der Waals surface area contributed by atoms with E-state index in [4.69, 9.17) is 28.7 Å². The third-order valence-corrected chi connectivity index (χ3v) is 13.7. The van der Waals surface area contributed by atoms with Gasteiger partial charge in [-0.05, 0) is 89.0 Å². The maximum Gasteiger partial charge on any atom is 0.326 e. The molecule has 73 heavy (non-hydrogen) atoms. The van der Waals surface area contributed by atoms with Gasteiger partial charge in [-0.1, -0.05) is 30.3 Å². The number of carboxylic acid groups (broad SMARTS) is 1. The first-order chi connectivity index (χ1) is 34.9. The van der Waals surface area contributed by atoms with Crippen LogP contribution in [0.2, 0.25) is 0 Å². The maximum absolute atomic E-state index is 14.4. The molecule has 2 unspecified atom stereocenters. The number of aliphatic carboxylic acids is 1. The quantitative estimate of drug-likeness (QED) is 0.0265. The van der Waals surface area contributed by atoms with E-state index in [1.807, 2.05) is 0 Å². The topological polar surface area (TPSA) is 410 Å². The molecule has 4 heterocycles. The Morgan fingerprint density at radius 3 is 2.00 bits per heavy atom. The van der Waals surface area contributed by atoms with Crippen molar-refractivity contribution in [3.05, 3.63) is 35.9 Å². The monoisotopic (exact) mass is 1020 g/mol. The number of likely N-dealkylation sites (tertiary alicyclic amines) is 4. The first kappa shape index (κ1) is 56.8. The number of carbonyl (C=O) groups is 9. The molecule has 1 aromatic rings. The van der Waals surface area contributed by atoms with Crippen LogP contribution in [0.25, 0.3) is 0 Å². The molecule has 0 radical (unpaired) electrons. The standard InChI is InChI=1S/C47H73N15O11/c48-30(13-6-19-53-45(49)50)40(68)61-23-9-16-35(61)42(70)60-22-8-15-34(60)39(67)55-26-36(64)57-32(25-29-11-2-1-3-12-29)38(66)58-33(28-63)41(69)62-24-10-18-47(62)17-4-5-21-59(44(47)73)27-37(65)56-31(43(71)72)14-7-20-54-46(51)52/h1-3,11-12,30-35,63H,4-10,13-28,48H2,(H,55,67)(H,56,65)(H,57,64)(H,58,66)(H,71,72)(H4,49,50,53)(H4,51,52,54)/t30-,31?,32-,33-,34-,35-,47?/m0/s1. The van der Waals surface area contributed by atoms with E-state index in [2.05, 4.69) is 31.3 Å². The van der Waals surface area contributed by atoms with Crippen molar-refractivity contribution in [2.75, 3.05) is 59.0 Å². The van der Waals surface area contributed by atoms with Crippen molar-refractivity contribution < 1.29 is 53.4 Å². The largest absolute Gasteiger partial charge is 0.480 e. The number of hydrogen-bond donors (Lipinski definition) is 11. The second-order valence-electron chi connectivity index (χ2n) is 18.9. The molecule has 1 spiro atoms. The molecule has 402 valence electrons. The number of aliphatic hydroxyl groups excluding tert-OH is 1. The molecular weight excluding hydrogens is 951 g/mol. The van der Waals surface area contributed by atoms with Gasteiger partial charge in [-0.3, -0.25) is 48.3 Å². The second-order valence-corrected chi connectivity index (χ2v) is 18.9. The predicted octanol–water partition coefficient (Wildman–Crippen LogP) is -4.33. The van der Waals surface area contributed by atoms with Crippen LogP contribution < -0.4 is 49.9 Å². The van der Waals surface area contributed by atoms with E-state index in [0.29, 0.717) is 76.4 Å². The van der Waals surface area contributed by atoms with E-state index in [1.165, 1.54) is 19.6 Å². The number of aliphatic hydroxyl groups is 1. The molecule has 4 aliphatic rings. The molecule has 7 atom stereocenters. The molecule has 4 saturated heterocycles. The number of benzene rings is 1. The van der Waals surface area contributed by atoms with Crippen LogP contribution in [0.3, 0.4) is 0 Å². The molecule has 5 rings (SSSR count). The fraction of sp³-hybridized carbons (Fsp3) is 0.638. The van der Waals surface area contributed by atoms with Crippen LogP contribution in [0, 0.1) is 0 Å². The van der Waals surface area contributed by atoms with E-state index < -0.39 is 109 Å². The number of hydrogen-bond acceptors (Lipinski definition) is 13. The lowest BCUT2D eigenvalue weighted by molar-refractivity contribution is -0.154. The number of nitrogens with zero attached hydrogens (tertiary/aromatic N) is 6. The molecule has 26 heteroatoms. The van der Waals surface area contributed by atoms with E-state index in [1.54, 1.807) is 30.3 Å². The summed E-state index contributed by atoms with van der Waals surface area (Å²) in [4.78, 5) is 136. The molecule has 4 fully saturated rings. The molecule has 0 aliphatic carbocycles. The van der Waals surface area contributed by atoms with Gasteiger partial charge in [0.15, 0.2) is 11.9 Å².